The van der Waals surface area contributed by atoms with Crippen LogP contribution in [-0.4, -0.2) is 11.7 Å². The van der Waals surface area contributed by atoms with Gasteiger partial charge in [-0.2, -0.15) is 0 Å². The number of hydrogen-bond donors (Lipinski definition) is 1. The van der Waals surface area contributed by atoms with Crippen LogP contribution in [0.15, 0.2) is 0 Å². The molecule has 0 heterocycles. The molecule has 0 bridgehead atoms. The Morgan fingerprint density at radius 1 is 1.29 bits per heavy atom. The van der Waals surface area contributed by atoms with Gasteiger partial charge in [0.15, 0.2) is 0 Å². The van der Waals surface area contributed by atoms with Gasteiger partial charge in [-0.3, -0.25) is 0 Å². The van der Waals surface area contributed by atoms with Crippen molar-refractivity contribution in [3.63, 3.8) is 0 Å². The van der Waals surface area contributed by atoms with Crippen molar-refractivity contribution in [3.8, 4) is 0 Å². The molecule has 0 aromatic rings. The molecular weight excluding hydrogens is 88.1 g/mol. The molecule has 0 atom stereocenters. The molecule has 0 aliphatic rings. The SMILES string of the molecule is CC.CCCCO. The Bertz CT molecular complexity index is 11.7. The predicted molar refractivity (Wildman–Crippen MR) is 33.3 cm³/mol. The molecule has 1 nitrogen and oxygen atoms in total. The molecule has 0 aromatic heterocycles. The molecule has 0 rings (SSSR count). The summed E-state index contributed by atoms with van der Waals surface area (Å²) in [6.07, 6.45) is 2.04. The van der Waals surface area contributed by atoms with E-state index in [-0.39, 0.29) is 0 Å². The highest BCUT2D eigenvalue weighted by atomic mass is 16.2. The first-order valence-corrected chi connectivity index (χ1v) is 3.02. The van der Waals surface area contributed by atoms with Crippen LogP contribution < -0.4 is 0 Å². The highest BCUT2D eigenvalue weighted by Crippen LogP contribution is 1.78. The molecule has 7 heavy (non-hydrogen) atoms. The molecule has 0 unspecified atom stereocenters. The van der Waals surface area contributed by atoms with E-state index in [9.17, 15) is 0 Å². The summed E-state index contributed by atoms with van der Waals surface area (Å²) < 4.78 is 0. The van der Waals surface area contributed by atoms with E-state index in [1.54, 1.807) is 0 Å². The molecule has 0 aliphatic carbocycles. The Labute approximate surface area is 46.4 Å². The highest BCUT2D eigenvalue weighted by Gasteiger charge is 1.69. The Morgan fingerprint density at radius 3 is 1.71 bits per heavy atom. The molecule has 0 aliphatic heterocycles. The van der Waals surface area contributed by atoms with E-state index < -0.39 is 0 Å². The zero-order chi connectivity index (χ0) is 6.12. The summed E-state index contributed by atoms with van der Waals surface area (Å²) >= 11 is 0. The van der Waals surface area contributed by atoms with Crippen molar-refractivity contribution in [1.82, 2.24) is 0 Å². The lowest BCUT2D eigenvalue weighted by Crippen LogP contribution is -1.75. The zero-order valence-electron chi connectivity index (χ0n) is 5.57. The van der Waals surface area contributed by atoms with Crippen molar-refractivity contribution in [2.75, 3.05) is 6.61 Å². The van der Waals surface area contributed by atoms with Crippen LogP contribution in [-0.2, 0) is 0 Å². The summed E-state index contributed by atoms with van der Waals surface area (Å²) in [6.45, 7) is 6.40. The summed E-state index contributed by atoms with van der Waals surface area (Å²) in [6, 6.07) is 0. The maximum atomic E-state index is 8.07. The number of hydrogen-bond acceptors (Lipinski definition) is 1. The van der Waals surface area contributed by atoms with Crippen molar-refractivity contribution in [2.45, 2.75) is 33.6 Å². The molecule has 0 saturated carbocycles. The number of aliphatic hydroxyl groups is 1. The fraction of sp³-hybridized carbons (Fsp3) is 1.00. The first kappa shape index (κ1) is 10.0. The van der Waals surface area contributed by atoms with Crippen LogP contribution in [0.2, 0.25) is 0 Å². The highest BCUT2D eigenvalue weighted by molar-refractivity contribution is 4.23. The largest absolute Gasteiger partial charge is 0.396 e. The molecule has 1 heteroatoms. The minimum absolute atomic E-state index is 0.344. The normalized spacial score (nSPS) is 6.86. The summed E-state index contributed by atoms with van der Waals surface area (Å²) in [5.74, 6) is 0. The third-order valence-electron chi connectivity index (χ3n) is 0.512. The lowest BCUT2D eigenvalue weighted by molar-refractivity contribution is 0.287. The van der Waals surface area contributed by atoms with E-state index >= 15 is 0 Å². The van der Waals surface area contributed by atoms with Gasteiger partial charge in [0.1, 0.15) is 0 Å². The molecule has 0 aromatic carbocycles. The molecule has 0 radical (unpaired) electrons. The molecule has 0 fully saturated rings. The predicted octanol–water partition coefficient (Wildman–Crippen LogP) is 1.81. The van der Waals surface area contributed by atoms with E-state index in [0.29, 0.717) is 6.61 Å². The molecule has 0 saturated heterocycles. The second-order valence-electron chi connectivity index (χ2n) is 1.08. The van der Waals surface area contributed by atoms with Gasteiger partial charge in [-0.15, -0.1) is 0 Å². The van der Waals surface area contributed by atoms with Crippen LogP contribution in [0.4, 0.5) is 0 Å². The topological polar surface area (TPSA) is 20.2 Å². The molecule has 0 amide bonds. The molecule has 0 spiro atoms. The van der Waals surface area contributed by atoms with Crippen LogP contribution in [0.25, 0.3) is 0 Å². The van der Waals surface area contributed by atoms with Crippen LogP contribution in [0.5, 0.6) is 0 Å². The van der Waals surface area contributed by atoms with E-state index in [4.69, 9.17) is 5.11 Å². The minimum Gasteiger partial charge on any atom is -0.396 e. The van der Waals surface area contributed by atoms with Gasteiger partial charge < -0.3 is 5.11 Å². The Kier molecular flexibility index (Phi) is 24.0. The average Bonchev–Trinajstić information content (AvgIpc) is 1.75. The van der Waals surface area contributed by atoms with Crippen molar-refractivity contribution in [2.24, 2.45) is 0 Å². The quantitative estimate of drug-likeness (QED) is 0.566. The summed E-state index contributed by atoms with van der Waals surface area (Å²) in [5, 5.41) is 8.07. The Morgan fingerprint density at radius 2 is 1.71 bits per heavy atom. The van der Waals surface area contributed by atoms with Crippen LogP contribution in [0, 0.1) is 0 Å². The fourth-order valence-corrected chi connectivity index (χ4v) is 0.158. The van der Waals surface area contributed by atoms with Gasteiger partial charge in [0, 0.05) is 6.61 Å². The number of aliphatic hydroxyl groups excluding tert-OH is 1. The monoisotopic (exact) mass is 104 g/mol. The van der Waals surface area contributed by atoms with Gasteiger partial charge in [-0.1, -0.05) is 27.2 Å². The second kappa shape index (κ2) is 16.7. The van der Waals surface area contributed by atoms with Crippen LogP contribution in [0.3, 0.4) is 0 Å². The average molecular weight is 104 g/mol. The molecular formula is C6H16O. The lowest BCUT2D eigenvalue weighted by atomic mass is 10.4. The summed E-state index contributed by atoms with van der Waals surface area (Å²) in [4.78, 5) is 0. The van der Waals surface area contributed by atoms with Crippen molar-refractivity contribution >= 4 is 0 Å². The van der Waals surface area contributed by atoms with E-state index in [0.717, 1.165) is 12.8 Å². The fourth-order valence-electron chi connectivity index (χ4n) is 0.158. The van der Waals surface area contributed by atoms with Crippen molar-refractivity contribution in [1.29, 1.82) is 0 Å². The standard InChI is InChI=1S/C4H10O.C2H6/c1-2-3-4-5;1-2/h5H,2-4H2,1H3;1-2H3. The summed E-state index contributed by atoms with van der Waals surface area (Å²) in [5.41, 5.74) is 0. The van der Waals surface area contributed by atoms with Gasteiger partial charge in [0.05, 0.1) is 0 Å². The number of unbranched alkanes of at least 4 members (excludes halogenated alkanes) is 1. The third-order valence-corrected chi connectivity index (χ3v) is 0.512. The smallest absolute Gasteiger partial charge is 0.0430 e. The Balaban J connectivity index is 0. The summed E-state index contributed by atoms with van der Waals surface area (Å²) in [7, 11) is 0. The van der Waals surface area contributed by atoms with Gasteiger partial charge in [0.25, 0.3) is 0 Å². The first-order valence-electron chi connectivity index (χ1n) is 3.02. The van der Waals surface area contributed by atoms with Crippen molar-refractivity contribution in [3.05, 3.63) is 0 Å². The van der Waals surface area contributed by atoms with Gasteiger partial charge >= 0.3 is 0 Å². The maximum absolute atomic E-state index is 8.07. The third kappa shape index (κ3) is 24.3. The first-order chi connectivity index (χ1) is 3.41. The van der Waals surface area contributed by atoms with E-state index in [1.165, 1.54) is 0 Å². The zero-order valence-corrected chi connectivity index (χ0v) is 5.57. The van der Waals surface area contributed by atoms with Gasteiger partial charge in [0.2, 0.25) is 0 Å². The van der Waals surface area contributed by atoms with E-state index in [2.05, 4.69) is 6.92 Å². The van der Waals surface area contributed by atoms with Crippen LogP contribution in [0.1, 0.15) is 33.6 Å². The second-order valence-corrected chi connectivity index (χ2v) is 1.08. The van der Waals surface area contributed by atoms with Gasteiger partial charge in [-0.25, -0.2) is 0 Å². The van der Waals surface area contributed by atoms with Crippen molar-refractivity contribution < 1.29 is 5.11 Å². The maximum Gasteiger partial charge on any atom is 0.0430 e. The van der Waals surface area contributed by atoms with E-state index in [1.807, 2.05) is 13.8 Å². The molecule has 46 valence electrons. The Hall–Kier alpha value is -0.0400. The molecule has 1 N–H and O–H groups in total. The lowest BCUT2D eigenvalue weighted by Gasteiger charge is -1.79. The number of rotatable bonds is 2. The van der Waals surface area contributed by atoms with Crippen LogP contribution >= 0.6 is 0 Å². The minimum atomic E-state index is 0.344. The van der Waals surface area contributed by atoms with Gasteiger partial charge in [-0.05, 0) is 6.42 Å².